The lowest BCUT2D eigenvalue weighted by atomic mass is 10.1. The number of hydrogen-bond acceptors (Lipinski definition) is 4. The van der Waals surface area contributed by atoms with Gasteiger partial charge in [-0.3, -0.25) is 4.79 Å². The largest absolute Gasteiger partial charge is 0.425 e. The molecule has 0 N–H and O–H groups in total. The molecule has 0 saturated carbocycles. The summed E-state index contributed by atoms with van der Waals surface area (Å²) < 4.78 is 4.76. The van der Waals surface area contributed by atoms with Gasteiger partial charge in [-0.15, -0.1) is 0 Å². The fraction of sp³-hybridized carbons (Fsp3) is 0.100. The van der Waals surface area contributed by atoms with Gasteiger partial charge in [0.1, 0.15) is 12.1 Å². The van der Waals surface area contributed by atoms with Crippen LogP contribution in [0, 0.1) is 22.7 Å². The maximum absolute atomic E-state index is 10.7. The maximum atomic E-state index is 10.7. The van der Waals surface area contributed by atoms with E-state index in [0.717, 1.165) is 0 Å². The Morgan fingerprint density at radius 1 is 1.33 bits per heavy atom. The average Bonchev–Trinajstić information content (AvgIpc) is 2.19. The van der Waals surface area contributed by atoms with Crippen LogP contribution in [-0.4, -0.2) is 5.97 Å². The summed E-state index contributed by atoms with van der Waals surface area (Å²) in [6.07, 6.45) is 0. The molecule has 0 aliphatic carbocycles. The van der Waals surface area contributed by atoms with Crippen molar-refractivity contribution >= 4 is 17.6 Å². The summed E-state index contributed by atoms with van der Waals surface area (Å²) >= 11 is 5.74. The van der Waals surface area contributed by atoms with Gasteiger partial charge in [-0.25, -0.2) is 0 Å². The zero-order chi connectivity index (χ0) is 11.4. The molecular formula is C10H5ClN2O2. The second-order valence-electron chi connectivity index (χ2n) is 2.65. The van der Waals surface area contributed by atoms with Crippen LogP contribution in [-0.2, 0) is 4.79 Å². The molecule has 0 radical (unpaired) electrons. The van der Waals surface area contributed by atoms with E-state index in [2.05, 4.69) is 0 Å². The lowest BCUT2D eigenvalue weighted by Crippen LogP contribution is -2.02. The van der Waals surface area contributed by atoms with Crippen LogP contribution in [0.5, 0.6) is 5.75 Å². The topological polar surface area (TPSA) is 73.9 Å². The summed E-state index contributed by atoms with van der Waals surface area (Å²) in [7, 11) is 0. The quantitative estimate of drug-likeness (QED) is 0.536. The van der Waals surface area contributed by atoms with E-state index < -0.39 is 5.97 Å². The smallest absolute Gasteiger partial charge is 0.308 e. The summed E-state index contributed by atoms with van der Waals surface area (Å²) in [4.78, 5) is 10.7. The van der Waals surface area contributed by atoms with Gasteiger partial charge in [0.2, 0.25) is 0 Å². The molecule has 0 aliphatic rings. The van der Waals surface area contributed by atoms with Crippen molar-refractivity contribution in [3.05, 3.63) is 28.3 Å². The standard InChI is InChI=1S/C10H5ClN2O2/c1-6(14)15-10-3-8(5-13)7(4-12)2-9(10)11/h2-3H,1H3. The second kappa shape index (κ2) is 4.45. The lowest BCUT2D eigenvalue weighted by Gasteiger charge is -2.04. The van der Waals surface area contributed by atoms with E-state index in [0.29, 0.717) is 0 Å². The summed E-state index contributed by atoms with van der Waals surface area (Å²) in [5.74, 6) is -0.454. The maximum Gasteiger partial charge on any atom is 0.308 e. The molecule has 0 spiro atoms. The van der Waals surface area contributed by atoms with E-state index in [1.807, 2.05) is 12.1 Å². The molecular weight excluding hydrogens is 216 g/mol. The Kier molecular flexibility index (Phi) is 3.28. The molecule has 74 valence electrons. The van der Waals surface area contributed by atoms with Gasteiger partial charge >= 0.3 is 5.97 Å². The molecule has 0 heterocycles. The van der Waals surface area contributed by atoms with Gasteiger partial charge in [0.15, 0.2) is 5.75 Å². The number of nitriles is 2. The fourth-order valence-electron chi connectivity index (χ4n) is 0.971. The van der Waals surface area contributed by atoms with E-state index in [-0.39, 0.29) is 21.9 Å². The number of rotatable bonds is 1. The lowest BCUT2D eigenvalue weighted by molar-refractivity contribution is -0.131. The highest BCUT2D eigenvalue weighted by Gasteiger charge is 2.10. The zero-order valence-corrected chi connectivity index (χ0v) is 8.50. The third-order valence-electron chi connectivity index (χ3n) is 1.57. The van der Waals surface area contributed by atoms with Crippen molar-refractivity contribution < 1.29 is 9.53 Å². The third kappa shape index (κ3) is 2.46. The summed E-state index contributed by atoms with van der Waals surface area (Å²) in [5, 5.41) is 17.5. The van der Waals surface area contributed by atoms with Gasteiger partial charge < -0.3 is 4.74 Å². The van der Waals surface area contributed by atoms with Gasteiger partial charge in [-0.2, -0.15) is 10.5 Å². The Balaban J connectivity index is 3.29. The van der Waals surface area contributed by atoms with Gasteiger partial charge in [0, 0.05) is 13.0 Å². The van der Waals surface area contributed by atoms with Crippen molar-refractivity contribution in [2.45, 2.75) is 6.92 Å². The summed E-state index contributed by atoms with van der Waals surface area (Å²) in [5.41, 5.74) is 0.275. The van der Waals surface area contributed by atoms with Gasteiger partial charge in [-0.05, 0) is 6.07 Å². The number of hydrogen-bond donors (Lipinski definition) is 0. The van der Waals surface area contributed by atoms with Crippen LogP contribution < -0.4 is 4.74 Å². The number of carbonyl (C=O) groups is 1. The number of ether oxygens (including phenoxy) is 1. The number of benzene rings is 1. The minimum atomic E-state index is -0.537. The number of esters is 1. The highest BCUT2D eigenvalue weighted by molar-refractivity contribution is 6.32. The minimum Gasteiger partial charge on any atom is -0.425 e. The number of halogens is 1. The Hall–Kier alpha value is -2.04. The highest BCUT2D eigenvalue weighted by Crippen LogP contribution is 2.27. The van der Waals surface area contributed by atoms with Crippen molar-refractivity contribution in [3.8, 4) is 17.9 Å². The van der Waals surface area contributed by atoms with Crippen LogP contribution in [0.25, 0.3) is 0 Å². The van der Waals surface area contributed by atoms with E-state index in [4.69, 9.17) is 26.9 Å². The van der Waals surface area contributed by atoms with Gasteiger partial charge in [0.05, 0.1) is 16.1 Å². The van der Waals surface area contributed by atoms with Crippen LogP contribution >= 0.6 is 11.6 Å². The van der Waals surface area contributed by atoms with E-state index in [9.17, 15) is 4.79 Å². The Morgan fingerprint density at radius 2 is 1.87 bits per heavy atom. The molecule has 0 amide bonds. The van der Waals surface area contributed by atoms with Crippen LogP contribution in [0.1, 0.15) is 18.1 Å². The Bertz CT molecular complexity index is 497. The van der Waals surface area contributed by atoms with E-state index in [1.165, 1.54) is 19.1 Å². The zero-order valence-electron chi connectivity index (χ0n) is 7.74. The average molecular weight is 221 g/mol. The molecule has 0 bridgehead atoms. The predicted molar refractivity (Wildman–Crippen MR) is 52.2 cm³/mol. The molecule has 1 rings (SSSR count). The van der Waals surface area contributed by atoms with Crippen molar-refractivity contribution in [3.63, 3.8) is 0 Å². The van der Waals surface area contributed by atoms with Crippen molar-refractivity contribution in [1.82, 2.24) is 0 Å². The summed E-state index contributed by atoms with van der Waals surface area (Å²) in [6.45, 7) is 1.22. The fourth-order valence-corrected chi connectivity index (χ4v) is 1.17. The molecule has 5 heteroatoms. The van der Waals surface area contributed by atoms with Crippen LogP contribution in [0.4, 0.5) is 0 Å². The molecule has 1 aromatic rings. The molecule has 0 atom stereocenters. The number of nitrogens with zero attached hydrogens (tertiary/aromatic N) is 2. The van der Waals surface area contributed by atoms with Crippen LogP contribution in [0.15, 0.2) is 12.1 Å². The molecule has 0 unspecified atom stereocenters. The first-order valence-electron chi connectivity index (χ1n) is 3.90. The van der Waals surface area contributed by atoms with Gasteiger partial charge in [0.25, 0.3) is 0 Å². The van der Waals surface area contributed by atoms with Gasteiger partial charge in [-0.1, -0.05) is 11.6 Å². The third-order valence-corrected chi connectivity index (χ3v) is 1.86. The van der Waals surface area contributed by atoms with E-state index >= 15 is 0 Å². The normalized spacial score (nSPS) is 8.80. The molecule has 15 heavy (non-hydrogen) atoms. The number of carbonyl (C=O) groups excluding carboxylic acids is 1. The first kappa shape index (κ1) is 11.0. The Labute approximate surface area is 91.3 Å². The molecule has 0 saturated heterocycles. The molecule has 1 aromatic carbocycles. The van der Waals surface area contributed by atoms with Crippen LogP contribution in [0.3, 0.4) is 0 Å². The van der Waals surface area contributed by atoms with Crippen molar-refractivity contribution in [2.24, 2.45) is 0 Å². The van der Waals surface area contributed by atoms with Crippen molar-refractivity contribution in [2.75, 3.05) is 0 Å². The van der Waals surface area contributed by atoms with Crippen molar-refractivity contribution in [1.29, 1.82) is 10.5 Å². The highest BCUT2D eigenvalue weighted by atomic mass is 35.5. The molecule has 0 aliphatic heterocycles. The SMILES string of the molecule is CC(=O)Oc1cc(C#N)c(C#N)cc1Cl. The first-order chi connectivity index (χ1) is 7.08. The first-order valence-corrected chi connectivity index (χ1v) is 4.28. The molecule has 0 aromatic heterocycles. The Morgan fingerprint density at radius 3 is 2.33 bits per heavy atom. The monoisotopic (exact) mass is 220 g/mol. The van der Waals surface area contributed by atoms with E-state index in [1.54, 1.807) is 0 Å². The summed E-state index contributed by atoms with van der Waals surface area (Å²) in [6, 6.07) is 6.19. The predicted octanol–water partition coefficient (Wildman–Crippen LogP) is 2.01. The van der Waals surface area contributed by atoms with Crippen LogP contribution in [0.2, 0.25) is 5.02 Å². The minimum absolute atomic E-state index is 0.0831. The molecule has 4 nitrogen and oxygen atoms in total. The second-order valence-corrected chi connectivity index (χ2v) is 3.05. The molecule has 0 fully saturated rings.